The summed E-state index contributed by atoms with van der Waals surface area (Å²) in [5.74, 6) is -1.70. The average molecular weight is 413 g/mol. The molecule has 4 fully saturated rings. The first-order chi connectivity index (χ1) is 13.5. The van der Waals surface area contributed by atoms with E-state index in [-0.39, 0.29) is 50.0 Å². The summed E-state index contributed by atoms with van der Waals surface area (Å²) in [6.45, 7) is 1.97. The molecule has 4 aliphatic carbocycles. The second-order valence-electron chi connectivity index (χ2n) is 9.90. The van der Waals surface area contributed by atoms with Crippen molar-refractivity contribution in [1.82, 2.24) is 4.90 Å². The van der Waals surface area contributed by atoms with Gasteiger partial charge in [0.05, 0.1) is 16.9 Å². The van der Waals surface area contributed by atoms with Crippen LogP contribution in [0, 0.1) is 34.3 Å². The Morgan fingerprint density at radius 1 is 1.10 bits per heavy atom. The Morgan fingerprint density at radius 3 is 2.38 bits per heavy atom. The second kappa shape index (κ2) is 5.94. The van der Waals surface area contributed by atoms with Crippen LogP contribution in [0.3, 0.4) is 0 Å². The lowest BCUT2D eigenvalue weighted by molar-refractivity contribution is -0.285. The summed E-state index contributed by atoms with van der Waals surface area (Å²) < 4.78 is 70.0. The van der Waals surface area contributed by atoms with Crippen molar-refractivity contribution in [2.45, 2.75) is 64.1 Å². The summed E-state index contributed by atoms with van der Waals surface area (Å²) in [4.78, 5) is 15.3. The van der Waals surface area contributed by atoms with E-state index in [0.717, 1.165) is 12.5 Å². The molecule has 158 valence electrons. The van der Waals surface area contributed by atoms with Crippen molar-refractivity contribution in [3.8, 4) is 0 Å². The third-order valence-corrected chi connectivity index (χ3v) is 8.09. The topological polar surface area (TPSA) is 20.3 Å². The molecule has 0 N–H and O–H groups in total. The van der Waals surface area contributed by atoms with Crippen LogP contribution < -0.4 is 0 Å². The second-order valence-corrected chi connectivity index (χ2v) is 9.90. The minimum atomic E-state index is -4.30. The molecule has 4 saturated carbocycles. The predicted molar refractivity (Wildman–Crippen MR) is 95.8 cm³/mol. The standard InChI is InChI=1S/C22H24F5NO/c1-12-17-5-15(23)6-18(24)16(17)2-3-28(12)19(29)20-7-13-4-14(8-20)10-21(9-13,11-20)22(25,26)27/h5-6,12-14H,2-4,7-11H2,1H3. The Balaban J connectivity index is 1.49. The van der Waals surface area contributed by atoms with Crippen LogP contribution in [-0.2, 0) is 11.2 Å². The van der Waals surface area contributed by atoms with Gasteiger partial charge in [0.1, 0.15) is 11.6 Å². The molecule has 7 heteroatoms. The van der Waals surface area contributed by atoms with Crippen molar-refractivity contribution in [3.63, 3.8) is 0 Å². The lowest BCUT2D eigenvalue weighted by Gasteiger charge is -2.62. The molecular weight excluding hydrogens is 389 g/mol. The fourth-order valence-corrected chi connectivity index (χ4v) is 7.28. The van der Waals surface area contributed by atoms with E-state index in [0.29, 0.717) is 24.0 Å². The summed E-state index contributed by atoms with van der Waals surface area (Å²) in [6.07, 6.45) is -2.12. The number of halogens is 5. The number of benzene rings is 1. The van der Waals surface area contributed by atoms with Crippen LogP contribution >= 0.6 is 0 Å². The van der Waals surface area contributed by atoms with E-state index in [2.05, 4.69) is 0 Å². The lowest BCUT2D eigenvalue weighted by Crippen LogP contribution is -2.62. The number of nitrogens with zero attached hydrogens (tertiary/aromatic N) is 1. The van der Waals surface area contributed by atoms with Crippen molar-refractivity contribution in [3.05, 3.63) is 34.9 Å². The van der Waals surface area contributed by atoms with Gasteiger partial charge in [0.25, 0.3) is 0 Å². The summed E-state index contributed by atoms with van der Waals surface area (Å²) in [5, 5.41) is 0. The third-order valence-electron chi connectivity index (χ3n) is 8.09. The van der Waals surface area contributed by atoms with Gasteiger partial charge in [-0.25, -0.2) is 8.78 Å². The SMILES string of the molecule is CC1c2cc(F)cc(F)c2CCN1C(=O)C12CC3CC(C1)CC(C(F)(F)F)(C3)C2. The number of hydrogen-bond donors (Lipinski definition) is 0. The number of alkyl halides is 3. The van der Waals surface area contributed by atoms with Gasteiger partial charge in [-0.1, -0.05) is 0 Å². The van der Waals surface area contributed by atoms with Crippen LogP contribution in [-0.4, -0.2) is 23.5 Å². The number of amides is 1. The minimum Gasteiger partial charge on any atom is -0.335 e. The highest BCUT2D eigenvalue weighted by molar-refractivity contribution is 5.84. The Bertz CT molecular complexity index is 865. The lowest BCUT2D eigenvalue weighted by atomic mass is 9.43. The van der Waals surface area contributed by atoms with E-state index >= 15 is 0 Å². The van der Waals surface area contributed by atoms with E-state index in [4.69, 9.17) is 0 Å². The van der Waals surface area contributed by atoms with Crippen LogP contribution in [0.4, 0.5) is 22.0 Å². The first-order valence-corrected chi connectivity index (χ1v) is 10.4. The molecule has 1 amide bonds. The average Bonchev–Trinajstić information content (AvgIpc) is 2.60. The van der Waals surface area contributed by atoms with Crippen LogP contribution in [0.2, 0.25) is 0 Å². The van der Waals surface area contributed by atoms with Crippen LogP contribution in [0.25, 0.3) is 0 Å². The summed E-state index contributed by atoms with van der Waals surface area (Å²) in [6, 6.07) is 1.54. The van der Waals surface area contributed by atoms with Gasteiger partial charge in [-0.05, 0) is 80.9 Å². The molecule has 3 unspecified atom stereocenters. The van der Waals surface area contributed by atoms with Gasteiger partial charge >= 0.3 is 6.18 Å². The normalized spacial score (nSPS) is 38.3. The molecule has 5 aliphatic rings. The molecule has 0 spiro atoms. The highest BCUT2D eigenvalue weighted by atomic mass is 19.4. The summed E-state index contributed by atoms with van der Waals surface area (Å²) in [5.41, 5.74) is -1.91. The molecule has 6 rings (SSSR count). The molecule has 1 aliphatic heterocycles. The number of carbonyl (C=O) groups excluding carboxylic acids is 1. The number of hydrogen-bond acceptors (Lipinski definition) is 1. The van der Waals surface area contributed by atoms with Gasteiger partial charge in [-0.3, -0.25) is 4.79 Å². The maximum absolute atomic E-state index is 14.2. The molecule has 3 atom stereocenters. The highest BCUT2D eigenvalue weighted by Gasteiger charge is 2.69. The highest BCUT2D eigenvalue weighted by Crippen LogP contribution is 2.70. The maximum atomic E-state index is 14.2. The largest absolute Gasteiger partial charge is 0.394 e. The van der Waals surface area contributed by atoms with E-state index < -0.39 is 34.7 Å². The van der Waals surface area contributed by atoms with Crippen LogP contribution in [0.15, 0.2) is 12.1 Å². The van der Waals surface area contributed by atoms with E-state index in [1.807, 2.05) is 0 Å². The van der Waals surface area contributed by atoms with Crippen LogP contribution in [0.5, 0.6) is 0 Å². The minimum absolute atomic E-state index is 0.0657. The van der Waals surface area contributed by atoms with Crippen molar-refractivity contribution < 1.29 is 26.7 Å². The Kier molecular flexibility index (Phi) is 3.96. The molecule has 4 bridgehead atoms. The fraction of sp³-hybridized carbons (Fsp3) is 0.682. The van der Waals surface area contributed by atoms with Gasteiger partial charge in [0, 0.05) is 12.6 Å². The van der Waals surface area contributed by atoms with Gasteiger partial charge in [-0.2, -0.15) is 13.2 Å². The monoisotopic (exact) mass is 413 g/mol. The zero-order valence-electron chi connectivity index (χ0n) is 16.3. The van der Waals surface area contributed by atoms with Gasteiger partial charge in [-0.15, -0.1) is 0 Å². The summed E-state index contributed by atoms with van der Waals surface area (Å²) >= 11 is 0. The Hall–Kier alpha value is -1.66. The molecule has 1 heterocycles. The first kappa shape index (κ1) is 19.3. The van der Waals surface area contributed by atoms with Gasteiger partial charge in [0.15, 0.2) is 0 Å². The maximum Gasteiger partial charge on any atom is 0.394 e. The smallest absolute Gasteiger partial charge is 0.335 e. The molecule has 0 aromatic heterocycles. The first-order valence-electron chi connectivity index (χ1n) is 10.4. The third kappa shape index (κ3) is 2.68. The molecule has 1 aromatic carbocycles. The van der Waals surface area contributed by atoms with Crippen LogP contribution in [0.1, 0.15) is 62.6 Å². The van der Waals surface area contributed by atoms with Crippen molar-refractivity contribution in [2.75, 3.05) is 6.54 Å². The summed E-state index contributed by atoms with van der Waals surface area (Å²) in [7, 11) is 0. The van der Waals surface area contributed by atoms with E-state index in [1.54, 1.807) is 11.8 Å². The van der Waals surface area contributed by atoms with Gasteiger partial charge in [0.2, 0.25) is 5.91 Å². The molecule has 0 saturated heterocycles. The molecule has 2 nitrogen and oxygen atoms in total. The van der Waals surface area contributed by atoms with E-state index in [1.165, 1.54) is 6.07 Å². The molecule has 1 aromatic rings. The zero-order valence-corrected chi connectivity index (χ0v) is 16.3. The molecular formula is C22H24F5NO. The Morgan fingerprint density at radius 2 is 1.76 bits per heavy atom. The van der Waals surface area contributed by atoms with Crippen molar-refractivity contribution in [1.29, 1.82) is 0 Å². The zero-order chi connectivity index (χ0) is 20.8. The van der Waals surface area contributed by atoms with Crippen molar-refractivity contribution >= 4 is 5.91 Å². The fourth-order valence-electron chi connectivity index (χ4n) is 7.28. The van der Waals surface area contributed by atoms with Crippen molar-refractivity contribution in [2.24, 2.45) is 22.7 Å². The molecule has 29 heavy (non-hydrogen) atoms. The predicted octanol–water partition coefficient (Wildman–Crippen LogP) is 5.56. The van der Waals surface area contributed by atoms with E-state index in [9.17, 15) is 26.7 Å². The number of fused-ring (bicyclic) bond motifs is 1. The Labute approximate surface area is 166 Å². The number of carbonyl (C=O) groups is 1. The van der Waals surface area contributed by atoms with Gasteiger partial charge < -0.3 is 4.90 Å². The quantitative estimate of drug-likeness (QED) is 0.552. The molecule has 0 radical (unpaired) electrons. The number of rotatable bonds is 1.